The van der Waals surface area contributed by atoms with E-state index in [1.165, 1.54) is 0 Å². The van der Waals surface area contributed by atoms with Crippen LogP contribution >= 0.6 is 0 Å². The molecule has 1 N–H and O–H groups in total. The lowest BCUT2D eigenvalue weighted by Gasteiger charge is -2.28. The van der Waals surface area contributed by atoms with Gasteiger partial charge < -0.3 is 10.2 Å². The number of carbonyl (C=O) groups is 1. The van der Waals surface area contributed by atoms with Crippen LogP contribution in [0.5, 0.6) is 0 Å². The Morgan fingerprint density at radius 1 is 1.38 bits per heavy atom. The molecule has 1 fully saturated rings. The number of hydrogen-bond acceptors (Lipinski definition) is 4. The summed E-state index contributed by atoms with van der Waals surface area (Å²) in [7, 11) is 3.84. The predicted molar refractivity (Wildman–Crippen MR) is 91.4 cm³/mol. The lowest BCUT2D eigenvalue weighted by atomic mass is 9.97. The van der Waals surface area contributed by atoms with Crippen LogP contribution in [0, 0.1) is 13.8 Å². The monoisotopic (exact) mass is 330 g/mol. The number of aromatic nitrogens is 4. The highest BCUT2D eigenvalue weighted by Crippen LogP contribution is 2.35. The van der Waals surface area contributed by atoms with Crippen molar-refractivity contribution in [2.24, 2.45) is 7.05 Å². The average Bonchev–Trinajstić information content (AvgIpc) is 3.16. The molecule has 7 heteroatoms. The molecule has 0 unspecified atom stereocenters. The van der Waals surface area contributed by atoms with Gasteiger partial charge in [0.2, 0.25) is 5.91 Å². The van der Waals surface area contributed by atoms with Gasteiger partial charge in [0, 0.05) is 56.3 Å². The summed E-state index contributed by atoms with van der Waals surface area (Å²) < 4.78 is 3.80. The summed E-state index contributed by atoms with van der Waals surface area (Å²) in [5.74, 6) is 0.173. The lowest BCUT2D eigenvalue weighted by Crippen LogP contribution is -2.42. The molecule has 1 aliphatic rings. The third-order valence-electron chi connectivity index (χ3n) is 4.97. The van der Waals surface area contributed by atoms with Crippen LogP contribution in [0.4, 0.5) is 0 Å². The minimum atomic E-state index is 0.0197. The van der Waals surface area contributed by atoms with E-state index >= 15 is 0 Å². The smallest absolute Gasteiger partial charge is 0.224 e. The molecule has 0 saturated carbocycles. The average molecular weight is 330 g/mol. The molecule has 2 aromatic rings. The fourth-order valence-electron chi connectivity index (χ4n) is 3.74. The first kappa shape index (κ1) is 16.7. The van der Waals surface area contributed by atoms with Crippen molar-refractivity contribution < 1.29 is 4.79 Å². The number of carbonyl (C=O) groups excluding carboxylic acids is 1. The standard InChI is InChI=1S/C17H26N6O/c1-11(10-23-8-6-7-18-23)19-14-9-15(24)21(4)17(14)16-12(2)20-22(5)13(16)3/h6-8,11,14,17,19H,9-10H2,1-5H3/t11-,14-,17-/m1/s1. The molecular weight excluding hydrogens is 304 g/mol. The first-order valence-corrected chi connectivity index (χ1v) is 8.37. The van der Waals surface area contributed by atoms with Gasteiger partial charge in [-0.15, -0.1) is 0 Å². The summed E-state index contributed by atoms with van der Waals surface area (Å²) >= 11 is 0. The molecule has 1 saturated heterocycles. The zero-order valence-corrected chi connectivity index (χ0v) is 15.0. The minimum absolute atomic E-state index is 0.0197. The molecule has 3 rings (SSSR count). The Bertz CT molecular complexity index is 720. The van der Waals surface area contributed by atoms with E-state index in [-0.39, 0.29) is 24.0 Å². The van der Waals surface area contributed by atoms with Gasteiger partial charge >= 0.3 is 0 Å². The van der Waals surface area contributed by atoms with Crippen molar-refractivity contribution in [1.29, 1.82) is 0 Å². The Labute approximate surface area is 142 Å². The van der Waals surface area contributed by atoms with Crippen molar-refractivity contribution in [3.05, 3.63) is 35.4 Å². The fourth-order valence-corrected chi connectivity index (χ4v) is 3.74. The molecule has 3 atom stereocenters. The summed E-state index contributed by atoms with van der Waals surface area (Å²) in [4.78, 5) is 14.2. The van der Waals surface area contributed by atoms with E-state index in [9.17, 15) is 4.79 Å². The molecule has 24 heavy (non-hydrogen) atoms. The number of rotatable bonds is 5. The number of hydrogen-bond donors (Lipinski definition) is 1. The van der Waals surface area contributed by atoms with Gasteiger partial charge in [0.05, 0.1) is 18.3 Å². The fraction of sp³-hybridized carbons (Fsp3) is 0.588. The first-order chi connectivity index (χ1) is 11.4. The largest absolute Gasteiger partial charge is 0.337 e. The molecule has 2 aromatic heterocycles. The highest BCUT2D eigenvalue weighted by Gasteiger charge is 2.41. The van der Waals surface area contributed by atoms with E-state index in [1.54, 1.807) is 6.20 Å². The summed E-state index contributed by atoms with van der Waals surface area (Å²) in [6.07, 6.45) is 4.25. The third-order valence-corrected chi connectivity index (χ3v) is 4.97. The summed E-state index contributed by atoms with van der Waals surface area (Å²) in [6, 6.07) is 2.24. The number of aryl methyl sites for hydroxylation is 2. The Morgan fingerprint density at radius 3 is 2.71 bits per heavy atom. The van der Waals surface area contributed by atoms with Gasteiger partial charge in [-0.05, 0) is 26.8 Å². The Hall–Kier alpha value is -2.15. The van der Waals surface area contributed by atoms with Crippen molar-refractivity contribution in [3.8, 4) is 0 Å². The van der Waals surface area contributed by atoms with Crippen molar-refractivity contribution in [2.75, 3.05) is 7.05 Å². The highest BCUT2D eigenvalue weighted by molar-refractivity contribution is 5.80. The number of amides is 1. The molecule has 0 aromatic carbocycles. The van der Waals surface area contributed by atoms with Gasteiger partial charge in [0.15, 0.2) is 0 Å². The number of nitrogens with zero attached hydrogens (tertiary/aromatic N) is 5. The van der Waals surface area contributed by atoms with Gasteiger partial charge in [-0.2, -0.15) is 10.2 Å². The maximum Gasteiger partial charge on any atom is 0.224 e. The van der Waals surface area contributed by atoms with Crippen molar-refractivity contribution >= 4 is 5.91 Å². The highest BCUT2D eigenvalue weighted by atomic mass is 16.2. The van der Waals surface area contributed by atoms with Gasteiger partial charge in [0.1, 0.15) is 0 Å². The third kappa shape index (κ3) is 2.96. The van der Waals surface area contributed by atoms with Crippen LogP contribution in [-0.4, -0.2) is 49.5 Å². The summed E-state index contributed by atoms with van der Waals surface area (Å²) in [5.41, 5.74) is 3.27. The van der Waals surface area contributed by atoms with Crippen molar-refractivity contribution in [3.63, 3.8) is 0 Å². The Kier molecular flexibility index (Phi) is 4.45. The van der Waals surface area contributed by atoms with Crippen LogP contribution in [0.3, 0.4) is 0 Å². The second-order valence-corrected chi connectivity index (χ2v) is 6.76. The van der Waals surface area contributed by atoms with Crippen LogP contribution in [0.2, 0.25) is 0 Å². The van der Waals surface area contributed by atoms with E-state index in [2.05, 4.69) is 29.4 Å². The number of likely N-dealkylation sites (tertiary alicyclic amines) is 1. The maximum atomic E-state index is 12.3. The van der Waals surface area contributed by atoms with E-state index in [0.29, 0.717) is 6.42 Å². The topological polar surface area (TPSA) is 68.0 Å². The van der Waals surface area contributed by atoms with Gasteiger partial charge in [-0.25, -0.2) is 0 Å². The van der Waals surface area contributed by atoms with Crippen LogP contribution in [0.1, 0.15) is 36.3 Å². The zero-order chi connectivity index (χ0) is 17.4. The second kappa shape index (κ2) is 6.39. The van der Waals surface area contributed by atoms with Gasteiger partial charge in [-0.1, -0.05) is 0 Å². The molecule has 3 heterocycles. The first-order valence-electron chi connectivity index (χ1n) is 8.37. The lowest BCUT2D eigenvalue weighted by molar-refractivity contribution is -0.127. The SMILES string of the molecule is Cc1nn(C)c(C)c1[C@H]1[C@H](N[C@H](C)Cn2cccn2)CC(=O)N1C. The molecule has 0 radical (unpaired) electrons. The summed E-state index contributed by atoms with van der Waals surface area (Å²) in [5, 5.41) is 12.4. The molecule has 0 spiro atoms. The molecule has 1 amide bonds. The van der Waals surface area contributed by atoms with Crippen LogP contribution in [0.25, 0.3) is 0 Å². The normalized spacial score (nSPS) is 22.4. The molecule has 7 nitrogen and oxygen atoms in total. The van der Waals surface area contributed by atoms with Crippen molar-refractivity contribution in [1.82, 2.24) is 29.8 Å². The quantitative estimate of drug-likeness (QED) is 0.894. The Morgan fingerprint density at radius 2 is 2.12 bits per heavy atom. The van der Waals surface area contributed by atoms with Crippen molar-refractivity contribution in [2.45, 2.75) is 51.9 Å². The molecule has 0 aliphatic carbocycles. The predicted octanol–water partition coefficient (Wildman–Crippen LogP) is 1.18. The van der Waals surface area contributed by atoms with E-state index < -0.39 is 0 Å². The second-order valence-electron chi connectivity index (χ2n) is 6.76. The maximum absolute atomic E-state index is 12.3. The molecular formula is C17H26N6O. The van der Waals surface area contributed by atoms with E-state index in [4.69, 9.17) is 0 Å². The van der Waals surface area contributed by atoms with Crippen LogP contribution < -0.4 is 5.32 Å². The van der Waals surface area contributed by atoms with Gasteiger partial charge in [0.25, 0.3) is 0 Å². The van der Waals surface area contributed by atoms with Crippen LogP contribution in [0.15, 0.2) is 18.5 Å². The number of nitrogens with one attached hydrogen (secondary N) is 1. The molecule has 130 valence electrons. The summed E-state index contributed by atoms with van der Waals surface area (Å²) in [6.45, 7) is 6.99. The van der Waals surface area contributed by atoms with E-state index in [1.807, 2.05) is 47.5 Å². The zero-order valence-electron chi connectivity index (χ0n) is 15.0. The molecule has 1 aliphatic heterocycles. The Balaban J connectivity index is 1.81. The number of likely N-dealkylation sites (N-methyl/N-ethyl adjacent to an activating group) is 1. The van der Waals surface area contributed by atoms with E-state index in [0.717, 1.165) is 23.5 Å². The minimum Gasteiger partial charge on any atom is -0.337 e. The molecule has 0 bridgehead atoms. The van der Waals surface area contributed by atoms with Crippen LogP contribution in [-0.2, 0) is 18.4 Å². The van der Waals surface area contributed by atoms with Gasteiger partial charge in [-0.3, -0.25) is 14.2 Å².